The molecule has 0 aliphatic carbocycles. The molecule has 0 aromatic heterocycles. The molecule has 28 heavy (non-hydrogen) atoms. The van der Waals surface area contributed by atoms with Crippen molar-refractivity contribution in [3.05, 3.63) is 53.8 Å². The second-order valence-electron chi connectivity index (χ2n) is 6.64. The summed E-state index contributed by atoms with van der Waals surface area (Å²) in [6, 6.07) is 9.99. The van der Waals surface area contributed by atoms with Crippen molar-refractivity contribution in [3.63, 3.8) is 0 Å². The van der Waals surface area contributed by atoms with E-state index in [9.17, 15) is 17.6 Å². The molecule has 0 spiro atoms. The van der Waals surface area contributed by atoms with Crippen LogP contribution in [0.1, 0.15) is 10.4 Å². The first kappa shape index (κ1) is 20.2. The Labute approximate surface area is 164 Å². The zero-order valence-corrected chi connectivity index (χ0v) is 16.6. The molecule has 150 valence electrons. The second kappa shape index (κ2) is 8.26. The van der Waals surface area contributed by atoms with E-state index in [1.165, 1.54) is 37.4 Å². The van der Waals surface area contributed by atoms with Gasteiger partial charge in [0.25, 0.3) is 5.91 Å². The van der Waals surface area contributed by atoms with Gasteiger partial charge in [-0.1, -0.05) is 0 Å². The third-order valence-electron chi connectivity index (χ3n) is 4.73. The quantitative estimate of drug-likeness (QED) is 0.791. The molecular weight excluding hydrogens is 383 g/mol. The normalized spacial score (nSPS) is 15.5. The maximum Gasteiger partial charge on any atom is 0.255 e. The number of carbonyl (C=O) groups is 1. The van der Waals surface area contributed by atoms with Crippen molar-refractivity contribution >= 4 is 27.3 Å². The van der Waals surface area contributed by atoms with Gasteiger partial charge in [0.2, 0.25) is 10.0 Å². The minimum atomic E-state index is -3.76. The monoisotopic (exact) mass is 406 g/mol. The third kappa shape index (κ3) is 4.49. The molecule has 3 rings (SSSR count). The Morgan fingerprint density at radius 2 is 1.68 bits per heavy atom. The molecule has 9 heteroatoms. The predicted octanol–water partition coefficient (Wildman–Crippen LogP) is 1.74. The van der Waals surface area contributed by atoms with Gasteiger partial charge in [0.1, 0.15) is 10.7 Å². The molecule has 0 saturated carbocycles. The van der Waals surface area contributed by atoms with Gasteiger partial charge in [0, 0.05) is 37.4 Å². The van der Waals surface area contributed by atoms with Crippen molar-refractivity contribution in [3.8, 4) is 0 Å². The second-order valence-corrected chi connectivity index (χ2v) is 8.50. The zero-order valence-electron chi connectivity index (χ0n) is 15.8. The van der Waals surface area contributed by atoms with Crippen molar-refractivity contribution in [2.75, 3.05) is 50.5 Å². The molecule has 1 aliphatic rings. The van der Waals surface area contributed by atoms with E-state index in [1.807, 2.05) is 11.9 Å². The highest BCUT2D eigenvalue weighted by Crippen LogP contribution is 2.28. The molecule has 1 aliphatic heterocycles. The van der Waals surface area contributed by atoms with Crippen LogP contribution in [0.5, 0.6) is 0 Å². The maximum atomic E-state index is 13.0. The lowest BCUT2D eigenvalue weighted by atomic mass is 10.1. The summed E-state index contributed by atoms with van der Waals surface area (Å²) in [4.78, 5) is 16.8. The highest BCUT2D eigenvalue weighted by Gasteiger charge is 2.24. The number of carbonyl (C=O) groups excluding carboxylic acids is 1. The maximum absolute atomic E-state index is 13.0. The Kier molecular flexibility index (Phi) is 5.97. The molecule has 1 fully saturated rings. The summed E-state index contributed by atoms with van der Waals surface area (Å²) in [6.07, 6.45) is 0. The van der Waals surface area contributed by atoms with Gasteiger partial charge in [-0.15, -0.1) is 0 Å². The van der Waals surface area contributed by atoms with Crippen LogP contribution >= 0.6 is 0 Å². The Hall–Kier alpha value is -2.49. The van der Waals surface area contributed by atoms with Crippen LogP contribution in [-0.4, -0.2) is 59.5 Å². The average molecular weight is 406 g/mol. The lowest BCUT2D eigenvalue weighted by molar-refractivity contribution is 0.102. The summed E-state index contributed by atoms with van der Waals surface area (Å²) in [5.41, 5.74) is 1.20. The Bertz CT molecular complexity index is 956. The van der Waals surface area contributed by atoms with Gasteiger partial charge in [-0.25, -0.2) is 17.5 Å². The van der Waals surface area contributed by atoms with E-state index in [-0.39, 0.29) is 10.5 Å². The van der Waals surface area contributed by atoms with Crippen LogP contribution in [0.2, 0.25) is 0 Å². The van der Waals surface area contributed by atoms with E-state index in [2.05, 4.69) is 14.9 Å². The molecule has 2 N–H and O–H groups in total. The summed E-state index contributed by atoms with van der Waals surface area (Å²) in [5.74, 6) is -0.874. The van der Waals surface area contributed by atoms with Crippen LogP contribution in [0.25, 0.3) is 0 Å². The first-order chi connectivity index (χ1) is 13.3. The van der Waals surface area contributed by atoms with E-state index in [4.69, 9.17) is 0 Å². The van der Waals surface area contributed by atoms with E-state index >= 15 is 0 Å². The number of anilines is 2. The van der Waals surface area contributed by atoms with Crippen molar-refractivity contribution in [1.29, 1.82) is 0 Å². The summed E-state index contributed by atoms with van der Waals surface area (Å²) in [5, 5.41) is 2.65. The lowest BCUT2D eigenvalue weighted by Gasteiger charge is -2.35. The van der Waals surface area contributed by atoms with Gasteiger partial charge >= 0.3 is 0 Å². The van der Waals surface area contributed by atoms with Gasteiger partial charge in [0.05, 0.1) is 5.69 Å². The molecule has 0 bridgehead atoms. The molecule has 7 nitrogen and oxygen atoms in total. The summed E-state index contributed by atoms with van der Waals surface area (Å²) >= 11 is 0. The summed E-state index contributed by atoms with van der Waals surface area (Å²) in [7, 11) is -0.400. The number of benzene rings is 2. The predicted molar refractivity (Wildman–Crippen MR) is 107 cm³/mol. The summed E-state index contributed by atoms with van der Waals surface area (Å²) < 4.78 is 40.5. The van der Waals surface area contributed by atoms with Gasteiger partial charge in [0.15, 0.2) is 0 Å². The molecular formula is C19H23FN4O3S. The average Bonchev–Trinajstić information content (AvgIpc) is 2.70. The van der Waals surface area contributed by atoms with Crippen LogP contribution in [-0.2, 0) is 10.0 Å². The Morgan fingerprint density at radius 3 is 2.29 bits per heavy atom. The van der Waals surface area contributed by atoms with Crippen molar-refractivity contribution < 1.29 is 17.6 Å². The molecule has 1 heterocycles. The molecule has 0 radical (unpaired) electrons. The van der Waals surface area contributed by atoms with E-state index in [0.29, 0.717) is 24.5 Å². The fraction of sp³-hybridized carbons (Fsp3) is 0.316. The number of piperazine rings is 1. The molecule has 0 unspecified atom stereocenters. The standard InChI is InChI=1S/C19H23FN4O3S/c1-21-28(26,27)18-13-14(19(25)22-16-6-4-15(20)5-7-16)3-8-17(18)24-11-9-23(2)10-12-24/h3-8,13,21H,9-12H2,1-2H3,(H,22,25). The first-order valence-corrected chi connectivity index (χ1v) is 10.4. The molecule has 1 saturated heterocycles. The van der Waals surface area contributed by atoms with Gasteiger partial charge in [-0.3, -0.25) is 4.79 Å². The Balaban J connectivity index is 1.92. The highest BCUT2D eigenvalue weighted by molar-refractivity contribution is 7.89. The minimum Gasteiger partial charge on any atom is -0.368 e. The van der Waals surface area contributed by atoms with Crippen LogP contribution in [0.3, 0.4) is 0 Å². The minimum absolute atomic E-state index is 0.0614. The van der Waals surface area contributed by atoms with Crippen molar-refractivity contribution in [1.82, 2.24) is 9.62 Å². The molecule has 1 amide bonds. The van der Waals surface area contributed by atoms with Crippen molar-refractivity contribution in [2.45, 2.75) is 4.90 Å². The number of hydrogen-bond acceptors (Lipinski definition) is 5. The SMILES string of the molecule is CNS(=O)(=O)c1cc(C(=O)Nc2ccc(F)cc2)ccc1N1CCN(C)CC1. The van der Waals surface area contributed by atoms with E-state index < -0.39 is 21.7 Å². The molecule has 0 atom stereocenters. The fourth-order valence-electron chi connectivity index (χ4n) is 3.03. The largest absolute Gasteiger partial charge is 0.368 e. The number of likely N-dealkylation sites (N-methyl/N-ethyl adjacent to an activating group) is 1. The van der Waals surface area contributed by atoms with Gasteiger partial charge < -0.3 is 15.1 Å². The van der Waals surface area contributed by atoms with E-state index in [1.54, 1.807) is 12.1 Å². The molecule has 2 aromatic carbocycles. The number of rotatable bonds is 5. The number of hydrogen-bond donors (Lipinski definition) is 2. The third-order valence-corrected chi connectivity index (χ3v) is 6.17. The van der Waals surface area contributed by atoms with Gasteiger partial charge in [-0.05, 0) is 56.6 Å². The Morgan fingerprint density at radius 1 is 1.04 bits per heavy atom. The molecule has 2 aromatic rings. The van der Waals surface area contributed by atoms with E-state index in [0.717, 1.165) is 13.1 Å². The first-order valence-electron chi connectivity index (χ1n) is 8.88. The smallest absolute Gasteiger partial charge is 0.255 e. The van der Waals surface area contributed by atoms with Crippen molar-refractivity contribution in [2.24, 2.45) is 0 Å². The summed E-state index contributed by atoms with van der Waals surface area (Å²) in [6.45, 7) is 3.05. The number of sulfonamides is 1. The van der Waals surface area contributed by atoms with Crippen LogP contribution in [0.15, 0.2) is 47.4 Å². The number of halogens is 1. The lowest BCUT2D eigenvalue weighted by Crippen LogP contribution is -2.45. The topological polar surface area (TPSA) is 81.7 Å². The fourth-order valence-corrected chi connectivity index (χ4v) is 4.00. The van der Waals surface area contributed by atoms with Crippen LogP contribution in [0, 0.1) is 5.82 Å². The highest BCUT2D eigenvalue weighted by atomic mass is 32.2. The van der Waals surface area contributed by atoms with Crippen LogP contribution < -0.4 is 14.9 Å². The number of amides is 1. The zero-order chi connectivity index (χ0) is 20.3. The van der Waals surface area contributed by atoms with Crippen LogP contribution in [0.4, 0.5) is 15.8 Å². The number of nitrogens with zero attached hydrogens (tertiary/aromatic N) is 2. The number of nitrogens with one attached hydrogen (secondary N) is 2. The van der Waals surface area contributed by atoms with Gasteiger partial charge in [-0.2, -0.15) is 0 Å².